The van der Waals surface area contributed by atoms with E-state index in [0.717, 1.165) is 37.9 Å². The molecular formula is C17H20N6O. The Morgan fingerprint density at radius 3 is 2.88 bits per heavy atom. The zero-order chi connectivity index (χ0) is 16.4. The summed E-state index contributed by atoms with van der Waals surface area (Å²) in [6, 6.07) is 8.51. The molecule has 0 amide bonds. The van der Waals surface area contributed by atoms with Gasteiger partial charge in [-0.1, -0.05) is 36.3 Å². The van der Waals surface area contributed by atoms with Gasteiger partial charge in [0.2, 0.25) is 11.6 Å². The van der Waals surface area contributed by atoms with Crippen molar-refractivity contribution in [1.82, 2.24) is 30.2 Å². The molecule has 0 bridgehead atoms. The van der Waals surface area contributed by atoms with Crippen molar-refractivity contribution in [3.8, 4) is 23.1 Å². The molecule has 7 heteroatoms. The number of aryl methyl sites for hydroxylation is 1. The van der Waals surface area contributed by atoms with Crippen LogP contribution in [0.25, 0.3) is 23.1 Å². The first kappa shape index (κ1) is 15.0. The van der Waals surface area contributed by atoms with Gasteiger partial charge in [-0.25, -0.2) is 9.67 Å². The van der Waals surface area contributed by atoms with E-state index in [1.54, 1.807) is 6.33 Å². The average molecular weight is 324 g/mol. The number of aromatic nitrogens is 5. The summed E-state index contributed by atoms with van der Waals surface area (Å²) >= 11 is 0. The molecule has 1 N–H and O–H groups in total. The summed E-state index contributed by atoms with van der Waals surface area (Å²) in [5.74, 6) is 1.39. The van der Waals surface area contributed by atoms with E-state index >= 15 is 0 Å². The summed E-state index contributed by atoms with van der Waals surface area (Å²) in [5, 5.41) is 11.9. The second-order valence-electron chi connectivity index (χ2n) is 6.02. The molecule has 1 aliphatic heterocycles. The molecule has 1 fully saturated rings. The van der Waals surface area contributed by atoms with E-state index in [9.17, 15) is 0 Å². The Morgan fingerprint density at radius 1 is 1.25 bits per heavy atom. The standard InChI is InChI=1S/C17H20N6O/c1-2-12-5-7-13(8-6-12)15-20-17(24-22-15)16-19-11-23(21-16)14-4-3-9-18-10-14/h5-8,11,14,18H,2-4,9-10H2,1H3. The molecule has 124 valence electrons. The van der Waals surface area contributed by atoms with Gasteiger partial charge in [0.1, 0.15) is 6.33 Å². The number of nitrogens with one attached hydrogen (secondary N) is 1. The third-order valence-electron chi connectivity index (χ3n) is 4.39. The first-order valence-corrected chi connectivity index (χ1v) is 8.38. The topological polar surface area (TPSA) is 81.7 Å². The molecule has 1 atom stereocenters. The second-order valence-corrected chi connectivity index (χ2v) is 6.02. The Balaban J connectivity index is 1.54. The molecule has 3 aromatic rings. The normalized spacial score (nSPS) is 18.0. The molecule has 0 spiro atoms. The van der Waals surface area contributed by atoms with Gasteiger partial charge in [-0.3, -0.25) is 0 Å². The minimum atomic E-state index is 0.337. The molecule has 7 nitrogen and oxygen atoms in total. The van der Waals surface area contributed by atoms with Gasteiger partial charge in [0.05, 0.1) is 6.04 Å². The Labute approximate surface area is 140 Å². The van der Waals surface area contributed by atoms with E-state index in [1.165, 1.54) is 5.56 Å². The third-order valence-corrected chi connectivity index (χ3v) is 4.39. The van der Waals surface area contributed by atoms with Crippen molar-refractivity contribution in [2.75, 3.05) is 13.1 Å². The lowest BCUT2D eigenvalue weighted by Crippen LogP contribution is -2.31. The van der Waals surface area contributed by atoms with E-state index in [4.69, 9.17) is 4.52 Å². The molecule has 1 unspecified atom stereocenters. The zero-order valence-corrected chi connectivity index (χ0v) is 13.6. The van der Waals surface area contributed by atoms with Crippen LogP contribution in [0.1, 0.15) is 31.4 Å². The summed E-state index contributed by atoms with van der Waals surface area (Å²) in [7, 11) is 0. The predicted octanol–water partition coefficient (Wildman–Crippen LogP) is 2.48. The van der Waals surface area contributed by atoms with Crippen molar-refractivity contribution in [3.05, 3.63) is 36.2 Å². The SMILES string of the molecule is CCc1ccc(-c2noc(-c3ncn(C4CCCNC4)n3)n2)cc1. The van der Waals surface area contributed by atoms with Gasteiger partial charge in [0.15, 0.2) is 0 Å². The van der Waals surface area contributed by atoms with Gasteiger partial charge in [-0.05, 0) is 31.4 Å². The van der Waals surface area contributed by atoms with Crippen LogP contribution in [0, 0.1) is 0 Å². The number of nitrogens with zero attached hydrogens (tertiary/aromatic N) is 5. The monoisotopic (exact) mass is 324 g/mol. The summed E-state index contributed by atoms with van der Waals surface area (Å²) in [5.41, 5.74) is 2.21. The smallest absolute Gasteiger partial charge is 0.297 e. The van der Waals surface area contributed by atoms with E-state index in [2.05, 4.69) is 44.6 Å². The van der Waals surface area contributed by atoms with Crippen molar-refractivity contribution in [2.45, 2.75) is 32.2 Å². The molecule has 1 saturated heterocycles. The number of hydrogen-bond acceptors (Lipinski definition) is 6. The lowest BCUT2D eigenvalue weighted by molar-refractivity contribution is 0.345. The average Bonchev–Trinajstić information content (AvgIpc) is 3.32. The fourth-order valence-corrected chi connectivity index (χ4v) is 2.93. The minimum absolute atomic E-state index is 0.337. The highest BCUT2D eigenvalue weighted by molar-refractivity contribution is 5.57. The number of hydrogen-bond donors (Lipinski definition) is 1. The molecule has 1 aliphatic rings. The fourth-order valence-electron chi connectivity index (χ4n) is 2.93. The molecule has 0 saturated carbocycles. The van der Waals surface area contributed by atoms with Crippen molar-refractivity contribution in [3.63, 3.8) is 0 Å². The lowest BCUT2D eigenvalue weighted by atomic mass is 10.1. The van der Waals surface area contributed by atoms with Crippen molar-refractivity contribution in [2.24, 2.45) is 0 Å². The highest BCUT2D eigenvalue weighted by Crippen LogP contribution is 2.22. The molecule has 24 heavy (non-hydrogen) atoms. The van der Waals surface area contributed by atoms with Gasteiger partial charge < -0.3 is 9.84 Å². The minimum Gasteiger partial charge on any atom is -0.330 e. The summed E-state index contributed by atoms with van der Waals surface area (Å²) in [6.45, 7) is 4.12. The van der Waals surface area contributed by atoms with Crippen molar-refractivity contribution >= 4 is 0 Å². The van der Waals surface area contributed by atoms with Crippen LogP contribution in [0.5, 0.6) is 0 Å². The van der Waals surface area contributed by atoms with Crippen LogP contribution in [0.2, 0.25) is 0 Å². The summed E-state index contributed by atoms with van der Waals surface area (Å²) in [4.78, 5) is 8.76. The second kappa shape index (κ2) is 6.52. The predicted molar refractivity (Wildman–Crippen MR) is 89.3 cm³/mol. The zero-order valence-electron chi connectivity index (χ0n) is 13.6. The number of benzene rings is 1. The molecule has 2 aromatic heterocycles. The van der Waals surface area contributed by atoms with E-state index < -0.39 is 0 Å². The van der Waals surface area contributed by atoms with Gasteiger partial charge in [-0.15, -0.1) is 5.10 Å². The molecule has 0 radical (unpaired) electrons. The van der Waals surface area contributed by atoms with Crippen LogP contribution >= 0.6 is 0 Å². The Kier molecular flexibility index (Phi) is 4.08. The van der Waals surface area contributed by atoms with Gasteiger partial charge in [0, 0.05) is 12.1 Å². The third kappa shape index (κ3) is 2.94. The molecule has 1 aromatic carbocycles. The maximum atomic E-state index is 5.35. The van der Waals surface area contributed by atoms with Gasteiger partial charge in [-0.2, -0.15) is 4.98 Å². The van der Waals surface area contributed by atoms with Gasteiger partial charge >= 0.3 is 0 Å². The van der Waals surface area contributed by atoms with Crippen LogP contribution in [-0.4, -0.2) is 38.0 Å². The quantitative estimate of drug-likeness (QED) is 0.794. The van der Waals surface area contributed by atoms with Gasteiger partial charge in [0.25, 0.3) is 5.89 Å². The Hall–Kier alpha value is -2.54. The fraction of sp³-hybridized carbons (Fsp3) is 0.412. The maximum Gasteiger partial charge on any atom is 0.297 e. The first-order valence-electron chi connectivity index (χ1n) is 8.38. The first-order chi connectivity index (χ1) is 11.8. The number of rotatable bonds is 4. The summed E-state index contributed by atoms with van der Waals surface area (Å²) < 4.78 is 7.24. The van der Waals surface area contributed by atoms with E-state index in [-0.39, 0.29) is 0 Å². The van der Waals surface area contributed by atoms with Crippen molar-refractivity contribution < 1.29 is 4.52 Å². The molecule has 0 aliphatic carbocycles. The lowest BCUT2D eigenvalue weighted by Gasteiger charge is -2.22. The maximum absolute atomic E-state index is 5.35. The molecule has 3 heterocycles. The summed E-state index contributed by atoms with van der Waals surface area (Å²) in [6.07, 6.45) is 5.01. The highest BCUT2D eigenvalue weighted by atomic mass is 16.5. The molecule has 4 rings (SSSR count). The van der Waals surface area contributed by atoms with Crippen LogP contribution in [-0.2, 0) is 6.42 Å². The van der Waals surface area contributed by atoms with E-state index in [1.807, 2.05) is 16.8 Å². The van der Waals surface area contributed by atoms with E-state index in [0.29, 0.717) is 23.6 Å². The van der Waals surface area contributed by atoms with Crippen LogP contribution in [0.3, 0.4) is 0 Å². The van der Waals surface area contributed by atoms with Crippen LogP contribution in [0.15, 0.2) is 35.1 Å². The highest BCUT2D eigenvalue weighted by Gasteiger charge is 2.19. The molecular weight excluding hydrogens is 304 g/mol. The van der Waals surface area contributed by atoms with Crippen LogP contribution in [0.4, 0.5) is 0 Å². The van der Waals surface area contributed by atoms with Crippen LogP contribution < -0.4 is 5.32 Å². The Morgan fingerprint density at radius 2 is 2.12 bits per heavy atom. The van der Waals surface area contributed by atoms with Crippen molar-refractivity contribution in [1.29, 1.82) is 0 Å². The Bertz CT molecular complexity index is 801. The number of piperidine rings is 1. The largest absolute Gasteiger partial charge is 0.330 e.